The maximum atomic E-state index is 13.4. The highest BCUT2D eigenvalue weighted by molar-refractivity contribution is 5.94. The summed E-state index contributed by atoms with van der Waals surface area (Å²) in [5, 5.41) is 9.91. The van der Waals surface area contributed by atoms with Crippen LogP contribution >= 0.6 is 0 Å². The number of morpholine rings is 1. The van der Waals surface area contributed by atoms with Crippen LogP contribution in [-0.2, 0) is 9.53 Å². The summed E-state index contributed by atoms with van der Waals surface area (Å²) < 4.78 is 5.52. The van der Waals surface area contributed by atoms with E-state index in [0.717, 1.165) is 64.8 Å². The smallest absolute Gasteiger partial charge is 0.257 e. The molecule has 0 radical (unpaired) electrons. The summed E-state index contributed by atoms with van der Waals surface area (Å²) in [4.78, 5) is 30.8. The molecule has 2 aliphatic heterocycles. The molecule has 0 unspecified atom stereocenters. The van der Waals surface area contributed by atoms with Gasteiger partial charge >= 0.3 is 0 Å². The number of fused-ring (bicyclic) bond motifs is 1. The van der Waals surface area contributed by atoms with E-state index >= 15 is 0 Å². The Morgan fingerprint density at radius 3 is 2.72 bits per heavy atom. The van der Waals surface area contributed by atoms with Gasteiger partial charge < -0.3 is 15.0 Å². The predicted molar refractivity (Wildman–Crippen MR) is 106 cm³/mol. The molecule has 4 fully saturated rings. The van der Waals surface area contributed by atoms with Gasteiger partial charge in [0.2, 0.25) is 5.91 Å². The molecule has 158 valence electrons. The van der Waals surface area contributed by atoms with Crippen molar-refractivity contribution in [3.8, 4) is 0 Å². The van der Waals surface area contributed by atoms with E-state index < -0.39 is 5.41 Å². The van der Waals surface area contributed by atoms with Gasteiger partial charge in [0.05, 0.1) is 30.4 Å². The van der Waals surface area contributed by atoms with Crippen molar-refractivity contribution >= 4 is 11.8 Å². The van der Waals surface area contributed by atoms with Crippen molar-refractivity contribution in [1.82, 2.24) is 25.3 Å². The number of likely N-dealkylation sites (tertiary alicyclic amines) is 1. The van der Waals surface area contributed by atoms with E-state index in [1.165, 1.54) is 0 Å². The number of aromatic amines is 1. The molecule has 5 rings (SSSR count). The summed E-state index contributed by atoms with van der Waals surface area (Å²) in [6, 6.07) is 0.872. The van der Waals surface area contributed by atoms with Crippen molar-refractivity contribution in [3.05, 3.63) is 18.0 Å². The molecule has 8 heteroatoms. The number of hydrogen-bond acceptors (Lipinski definition) is 5. The van der Waals surface area contributed by atoms with Gasteiger partial charge in [0.25, 0.3) is 5.91 Å². The molecule has 1 aromatic rings. The second kappa shape index (κ2) is 7.72. The fourth-order valence-electron chi connectivity index (χ4n) is 5.56. The van der Waals surface area contributed by atoms with Gasteiger partial charge in [-0.05, 0) is 44.4 Å². The topological polar surface area (TPSA) is 90.6 Å². The van der Waals surface area contributed by atoms with Gasteiger partial charge in [0.15, 0.2) is 0 Å². The van der Waals surface area contributed by atoms with Gasteiger partial charge in [-0.15, -0.1) is 0 Å². The lowest BCUT2D eigenvalue weighted by atomic mass is 9.60. The molecule has 2 saturated carbocycles. The Labute approximate surface area is 171 Å². The fourth-order valence-corrected chi connectivity index (χ4v) is 5.56. The third kappa shape index (κ3) is 3.68. The lowest BCUT2D eigenvalue weighted by Gasteiger charge is -2.53. The van der Waals surface area contributed by atoms with Gasteiger partial charge in [-0.3, -0.25) is 19.6 Å². The molecule has 2 amide bonds. The molecule has 29 heavy (non-hydrogen) atoms. The molecular formula is C21H31N5O3. The Kier molecular flexibility index (Phi) is 5.07. The van der Waals surface area contributed by atoms with Crippen molar-refractivity contribution in [2.75, 3.05) is 39.4 Å². The maximum Gasteiger partial charge on any atom is 0.257 e. The van der Waals surface area contributed by atoms with E-state index in [9.17, 15) is 9.59 Å². The van der Waals surface area contributed by atoms with Gasteiger partial charge in [-0.2, -0.15) is 5.10 Å². The number of ether oxygens (including phenoxy) is 1. The Morgan fingerprint density at radius 2 is 2.00 bits per heavy atom. The minimum atomic E-state index is -0.455. The molecule has 2 saturated heterocycles. The number of piperidine rings is 1. The zero-order chi connectivity index (χ0) is 19.8. The third-order valence-corrected chi connectivity index (χ3v) is 7.44. The number of nitrogens with one attached hydrogen (secondary N) is 2. The van der Waals surface area contributed by atoms with Crippen LogP contribution in [0.5, 0.6) is 0 Å². The molecule has 3 heterocycles. The van der Waals surface area contributed by atoms with Gasteiger partial charge in [0.1, 0.15) is 0 Å². The highest BCUT2D eigenvalue weighted by atomic mass is 16.5. The van der Waals surface area contributed by atoms with E-state index in [4.69, 9.17) is 4.74 Å². The van der Waals surface area contributed by atoms with Crippen molar-refractivity contribution in [2.24, 2.45) is 11.3 Å². The first-order chi connectivity index (χ1) is 14.2. The fraction of sp³-hybridized carbons (Fsp3) is 0.762. The highest BCUT2D eigenvalue weighted by Crippen LogP contribution is 2.48. The maximum absolute atomic E-state index is 13.4. The van der Waals surface area contributed by atoms with E-state index in [1.807, 2.05) is 4.90 Å². The summed E-state index contributed by atoms with van der Waals surface area (Å²) in [6.07, 6.45) is 9.19. The summed E-state index contributed by atoms with van der Waals surface area (Å²) in [5.74, 6) is 0.484. The van der Waals surface area contributed by atoms with Gasteiger partial charge in [-0.1, -0.05) is 0 Å². The monoisotopic (exact) mass is 401 g/mol. The van der Waals surface area contributed by atoms with Crippen LogP contribution in [0.4, 0.5) is 0 Å². The first-order valence-corrected chi connectivity index (χ1v) is 11.1. The largest absolute Gasteiger partial charge is 0.379 e. The molecular weight excluding hydrogens is 370 g/mol. The van der Waals surface area contributed by atoms with Crippen LogP contribution in [0, 0.1) is 11.3 Å². The van der Waals surface area contributed by atoms with Gasteiger partial charge in [-0.25, -0.2) is 0 Å². The zero-order valence-electron chi connectivity index (χ0n) is 16.9. The second-order valence-electron chi connectivity index (χ2n) is 9.18. The lowest BCUT2D eigenvalue weighted by Crippen LogP contribution is -2.61. The predicted octanol–water partition coefficient (Wildman–Crippen LogP) is 1.02. The Morgan fingerprint density at radius 1 is 1.17 bits per heavy atom. The first kappa shape index (κ1) is 19.1. The number of carbonyl (C=O) groups excluding carboxylic acids is 2. The number of nitrogens with zero attached hydrogens (tertiary/aromatic N) is 3. The number of hydrogen-bond donors (Lipinski definition) is 2. The van der Waals surface area contributed by atoms with Crippen LogP contribution in [0.25, 0.3) is 0 Å². The van der Waals surface area contributed by atoms with Crippen molar-refractivity contribution < 1.29 is 14.3 Å². The van der Waals surface area contributed by atoms with Crippen molar-refractivity contribution in [3.63, 3.8) is 0 Å². The molecule has 2 aliphatic carbocycles. The summed E-state index contributed by atoms with van der Waals surface area (Å²) >= 11 is 0. The molecule has 3 atom stereocenters. The number of carbonyl (C=O) groups is 2. The van der Waals surface area contributed by atoms with Crippen LogP contribution in [-0.4, -0.2) is 83.3 Å². The van der Waals surface area contributed by atoms with E-state index in [-0.39, 0.29) is 11.8 Å². The van der Waals surface area contributed by atoms with Gasteiger partial charge in [0, 0.05) is 44.5 Å². The number of H-pyrrole nitrogens is 1. The van der Waals surface area contributed by atoms with E-state index in [0.29, 0.717) is 36.7 Å². The summed E-state index contributed by atoms with van der Waals surface area (Å²) in [7, 11) is 0. The van der Waals surface area contributed by atoms with Crippen LogP contribution in [0.15, 0.2) is 12.4 Å². The highest BCUT2D eigenvalue weighted by Gasteiger charge is 2.54. The van der Waals surface area contributed by atoms with E-state index in [1.54, 1.807) is 12.4 Å². The zero-order valence-corrected chi connectivity index (χ0v) is 16.9. The third-order valence-electron chi connectivity index (χ3n) is 7.44. The molecule has 2 N–H and O–H groups in total. The Hall–Kier alpha value is -1.93. The molecule has 0 aromatic carbocycles. The minimum absolute atomic E-state index is 0.0221. The number of aromatic nitrogens is 2. The van der Waals surface area contributed by atoms with Crippen LogP contribution in [0.3, 0.4) is 0 Å². The summed E-state index contributed by atoms with van der Waals surface area (Å²) in [5.41, 5.74) is 0.117. The standard InChI is InChI=1S/C21H31N5O3/c27-19(15-12-22-23-13-15)26-6-4-16-11-18(25-7-9-29-10-8-25)3-5-21(16,14-26)20(28)24-17-1-2-17/h12-13,16-18H,1-11,14H2,(H,22,23)(H,24,28)/t16-,18-,21-/m1/s1. The van der Waals surface area contributed by atoms with Crippen LogP contribution in [0.1, 0.15) is 48.9 Å². The minimum Gasteiger partial charge on any atom is -0.379 e. The van der Waals surface area contributed by atoms with Crippen molar-refractivity contribution in [2.45, 2.75) is 50.6 Å². The number of rotatable bonds is 4. The van der Waals surface area contributed by atoms with E-state index in [2.05, 4.69) is 20.4 Å². The lowest BCUT2D eigenvalue weighted by molar-refractivity contribution is -0.143. The molecule has 0 bridgehead atoms. The second-order valence-corrected chi connectivity index (χ2v) is 9.18. The average molecular weight is 402 g/mol. The molecule has 1 aromatic heterocycles. The Bertz CT molecular complexity index is 744. The molecule has 4 aliphatic rings. The van der Waals surface area contributed by atoms with Crippen LogP contribution in [0.2, 0.25) is 0 Å². The van der Waals surface area contributed by atoms with Crippen molar-refractivity contribution in [1.29, 1.82) is 0 Å². The summed E-state index contributed by atoms with van der Waals surface area (Å²) in [6.45, 7) is 4.83. The molecule has 8 nitrogen and oxygen atoms in total. The quantitative estimate of drug-likeness (QED) is 0.786. The first-order valence-electron chi connectivity index (χ1n) is 11.1. The van der Waals surface area contributed by atoms with Crippen LogP contribution < -0.4 is 5.32 Å². The average Bonchev–Trinajstić information content (AvgIpc) is 3.41. The number of amides is 2. The Balaban J connectivity index is 1.35. The SMILES string of the molecule is O=C(c1cn[nH]c1)N1CC[C@@H]2C[C@H](N3CCOCC3)CC[C@@]2(C(=O)NC2CC2)C1. The normalized spacial score (nSPS) is 33.2. The molecule has 0 spiro atoms.